The van der Waals surface area contributed by atoms with Gasteiger partial charge in [0.2, 0.25) is 0 Å². The SMILES string of the molecule is CC[O][Po]([c]1cccc2ccccc12)[c]1c(C(N)=O)[nH]c2ccc(Cl)cc12. The maximum absolute atomic E-state index is 12.2. The summed E-state index contributed by atoms with van der Waals surface area (Å²) >= 11 is 3.34. The van der Waals surface area contributed by atoms with Crippen LogP contribution < -0.4 is 12.2 Å². The zero-order valence-corrected chi connectivity index (χ0v) is 18.6. The second-order valence-corrected chi connectivity index (χ2v) is 12.8. The van der Waals surface area contributed by atoms with Crippen LogP contribution in [0, 0.1) is 0 Å². The zero-order chi connectivity index (χ0) is 19.0. The molecule has 3 N–H and O–H groups in total. The van der Waals surface area contributed by atoms with E-state index in [1.807, 2.05) is 37.3 Å². The minimum atomic E-state index is -2.91. The summed E-state index contributed by atoms with van der Waals surface area (Å²) in [6, 6.07) is 20.1. The van der Waals surface area contributed by atoms with Crippen molar-refractivity contribution in [3.63, 3.8) is 0 Å². The predicted octanol–water partition coefficient (Wildman–Crippen LogP) is 3.22. The number of nitrogens with one attached hydrogen (secondary N) is 1. The number of aromatic amines is 1. The van der Waals surface area contributed by atoms with Crippen molar-refractivity contribution >= 4 is 68.1 Å². The van der Waals surface area contributed by atoms with Gasteiger partial charge in [0.15, 0.2) is 0 Å². The molecule has 27 heavy (non-hydrogen) atoms. The van der Waals surface area contributed by atoms with E-state index in [4.69, 9.17) is 20.1 Å². The molecule has 0 saturated carbocycles. The molecule has 0 unspecified atom stereocenters. The summed E-state index contributed by atoms with van der Waals surface area (Å²) < 4.78 is 8.44. The Hall–Kier alpha value is -1.92. The number of carbonyl (C=O) groups excluding carboxylic acids is 1. The monoisotopic (exact) mass is 574 g/mol. The van der Waals surface area contributed by atoms with Crippen molar-refractivity contribution < 1.29 is 7.57 Å². The molecule has 0 saturated heterocycles. The zero-order valence-electron chi connectivity index (χ0n) is 14.7. The number of hydrogen-bond acceptors (Lipinski definition) is 2. The van der Waals surface area contributed by atoms with Gasteiger partial charge in [0, 0.05) is 0 Å². The van der Waals surface area contributed by atoms with Gasteiger partial charge in [-0.15, -0.1) is 0 Å². The van der Waals surface area contributed by atoms with Gasteiger partial charge in [0.05, 0.1) is 0 Å². The topological polar surface area (TPSA) is 68.1 Å². The van der Waals surface area contributed by atoms with Crippen LogP contribution in [0.2, 0.25) is 5.02 Å². The fourth-order valence-corrected chi connectivity index (χ4v) is 11.1. The number of H-pyrrole nitrogens is 1. The Kier molecular flexibility index (Phi) is 5.19. The predicted molar refractivity (Wildman–Crippen MR) is 112 cm³/mol. The van der Waals surface area contributed by atoms with Crippen molar-refractivity contribution in [1.82, 2.24) is 4.98 Å². The summed E-state index contributed by atoms with van der Waals surface area (Å²) in [4.78, 5) is 15.4. The molecule has 1 aromatic heterocycles. The molecule has 4 aromatic rings. The van der Waals surface area contributed by atoms with E-state index in [0.717, 1.165) is 24.9 Å². The van der Waals surface area contributed by atoms with Crippen molar-refractivity contribution in [2.75, 3.05) is 6.61 Å². The molecule has 0 bridgehead atoms. The number of aromatic nitrogens is 1. The molecule has 4 nitrogen and oxygen atoms in total. The van der Waals surface area contributed by atoms with E-state index >= 15 is 0 Å². The van der Waals surface area contributed by atoms with Crippen molar-refractivity contribution in [1.29, 1.82) is 0 Å². The van der Waals surface area contributed by atoms with Crippen molar-refractivity contribution in [2.45, 2.75) is 6.92 Å². The number of halogens is 1. The average Bonchev–Trinajstić information content (AvgIpc) is 3.04. The first-order valence-corrected chi connectivity index (χ1v) is 13.4. The molecule has 0 aliphatic heterocycles. The maximum atomic E-state index is 12.2. The van der Waals surface area contributed by atoms with E-state index in [9.17, 15) is 4.79 Å². The number of rotatable bonds is 5. The summed E-state index contributed by atoms with van der Waals surface area (Å²) in [5, 5.41) is 3.86. The van der Waals surface area contributed by atoms with Crippen LogP contribution in [0.5, 0.6) is 0 Å². The summed E-state index contributed by atoms with van der Waals surface area (Å²) in [5.74, 6) is -0.477. The average molecular weight is 575 g/mol. The third kappa shape index (κ3) is 3.36. The minimum absolute atomic E-state index is 0.432. The van der Waals surface area contributed by atoms with Crippen LogP contribution in [0.4, 0.5) is 0 Å². The third-order valence-electron chi connectivity index (χ3n) is 4.33. The summed E-state index contributed by atoms with van der Waals surface area (Å²) in [6.45, 7) is 2.55. The number of primary amides is 1. The van der Waals surface area contributed by atoms with Crippen LogP contribution in [0.3, 0.4) is 0 Å². The molecule has 1 heterocycles. The van der Waals surface area contributed by atoms with Gasteiger partial charge in [-0.1, -0.05) is 0 Å². The first-order chi connectivity index (χ1) is 13.1. The normalized spacial score (nSPS) is 11.5. The Balaban J connectivity index is 2.04. The van der Waals surface area contributed by atoms with Gasteiger partial charge in [0.25, 0.3) is 0 Å². The molecule has 1 amide bonds. The Morgan fingerprint density at radius 1 is 1.11 bits per heavy atom. The number of fused-ring (bicyclic) bond motifs is 2. The number of amides is 1. The number of nitrogens with two attached hydrogens (primary N) is 1. The van der Waals surface area contributed by atoms with Crippen LogP contribution in [-0.2, 0) is 2.77 Å². The number of benzene rings is 3. The molecule has 0 aliphatic rings. The van der Waals surface area contributed by atoms with Gasteiger partial charge in [-0.2, -0.15) is 0 Å². The first kappa shape index (κ1) is 18.4. The van der Waals surface area contributed by atoms with E-state index in [-0.39, 0.29) is 0 Å². The quantitative estimate of drug-likeness (QED) is 0.385. The molecular weight excluding hydrogens is 557 g/mol. The molecule has 0 fully saturated rings. The van der Waals surface area contributed by atoms with E-state index < -0.39 is 28.4 Å². The van der Waals surface area contributed by atoms with Crippen LogP contribution in [0.15, 0.2) is 60.7 Å². The third-order valence-corrected chi connectivity index (χ3v) is 12.4. The molecular formula is C21H18ClN2O2Po. The van der Waals surface area contributed by atoms with Crippen LogP contribution in [0.1, 0.15) is 17.4 Å². The van der Waals surface area contributed by atoms with Crippen molar-refractivity contribution in [3.05, 3.63) is 71.4 Å². The Bertz CT molecular complexity index is 1150. The number of carbonyl (C=O) groups is 1. The second-order valence-electron chi connectivity index (χ2n) is 6.04. The van der Waals surface area contributed by atoms with Gasteiger partial charge in [-0.05, 0) is 0 Å². The molecule has 3 aromatic carbocycles. The number of hydrogen-bond donors (Lipinski definition) is 2. The molecule has 6 heteroatoms. The van der Waals surface area contributed by atoms with Gasteiger partial charge in [-0.3, -0.25) is 0 Å². The molecule has 137 valence electrons. The van der Waals surface area contributed by atoms with Crippen molar-refractivity contribution in [2.24, 2.45) is 5.73 Å². The fourth-order valence-electron chi connectivity index (χ4n) is 3.21. The first-order valence-electron chi connectivity index (χ1n) is 8.56. The van der Waals surface area contributed by atoms with Gasteiger partial charge in [-0.25, -0.2) is 0 Å². The van der Waals surface area contributed by atoms with Crippen LogP contribution in [-0.4, -0.2) is 40.0 Å². The van der Waals surface area contributed by atoms with Gasteiger partial charge >= 0.3 is 171 Å². The Labute approximate surface area is 170 Å². The standard InChI is InChI=1S/C10H7.C9H6ClN2O.C2H5O.Po/c1-2-6-10-8-4-3-7-9(10)5-1;10-6-1-2-7-5(3-6)4-8(12-7)9(11)13;1-2-3;/h1-7H;1-3,12H,(H2,11,13);2H2,1H3;/q;;-1;+1. The second kappa shape index (κ2) is 7.60. The van der Waals surface area contributed by atoms with Gasteiger partial charge in [0.1, 0.15) is 0 Å². The van der Waals surface area contributed by atoms with Crippen LogP contribution >= 0.6 is 11.6 Å². The summed E-state index contributed by atoms with van der Waals surface area (Å²) in [7, 11) is 0. The molecule has 0 aliphatic carbocycles. The van der Waals surface area contributed by atoms with Crippen molar-refractivity contribution in [3.8, 4) is 0 Å². The fraction of sp³-hybridized carbons (Fsp3) is 0.0952. The summed E-state index contributed by atoms with van der Waals surface area (Å²) in [5.41, 5.74) is 6.99. The molecule has 0 atom stereocenters. The van der Waals surface area contributed by atoms with E-state index in [1.165, 1.54) is 3.22 Å². The Morgan fingerprint density at radius 2 is 1.89 bits per heavy atom. The molecule has 1 radical (unpaired) electrons. The van der Waals surface area contributed by atoms with Crippen LogP contribution in [0.25, 0.3) is 21.7 Å². The van der Waals surface area contributed by atoms with E-state index in [0.29, 0.717) is 17.3 Å². The molecule has 4 rings (SSSR count). The Morgan fingerprint density at radius 3 is 2.67 bits per heavy atom. The van der Waals surface area contributed by atoms with E-state index in [2.05, 4.69) is 29.2 Å². The van der Waals surface area contributed by atoms with Gasteiger partial charge < -0.3 is 0 Å². The summed E-state index contributed by atoms with van der Waals surface area (Å²) in [6.07, 6.45) is 0. The van der Waals surface area contributed by atoms with E-state index in [1.54, 1.807) is 6.07 Å². The molecule has 0 spiro atoms.